The van der Waals surface area contributed by atoms with Crippen molar-refractivity contribution in [2.75, 3.05) is 6.54 Å². The number of carbonyl (C=O) groups excluding carboxylic acids is 1. The van der Waals surface area contributed by atoms with Crippen molar-refractivity contribution in [1.29, 1.82) is 0 Å². The molecule has 0 spiro atoms. The van der Waals surface area contributed by atoms with Gasteiger partial charge in [-0.2, -0.15) is 0 Å². The highest BCUT2D eigenvalue weighted by atomic mass is 16.2. The summed E-state index contributed by atoms with van der Waals surface area (Å²) in [5.41, 5.74) is 9.55. The number of para-hydroxylation sites is 1. The SMILES string of the molecule is CC(c1c[nH]c2ccccc12)[C@H](N)C(=O)NCC1(c2ccccn2)CCCCC1. The lowest BCUT2D eigenvalue weighted by Crippen LogP contribution is -2.49. The number of rotatable bonds is 6. The number of aromatic nitrogens is 2. The van der Waals surface area contributed by atoms with Gasteiger partial charge in [-0.25, -0.2) is 0 Å². The lowest BCUT2D eigenvalue weighted by Gasteiger charge is -2.37. The van der Waals surface area contributed by atoms with E-state index < -0.39 is 6.04 Å². The first-order valence-corrected chi connectivity index (χ1v) is 10.6. The van der Waals surface area contributed by atoms with Crippen LogP contribution < -0.4 is 11.1 Å². The lowest BCUT2D eigenvalue weighted by molar-refractivity contribution is -0.123. The van der Waals surface area contributed by atoms with Gasteiger partial charge in [-0.05, 0) is 36.6 Å². The minimum absolute atomic E-state index is 0.0803. The number of nitrogens with one attached hydrogen (secondary N) is 2. The van der Waals surface area contributed by atoms with E-state index in [0.717, 1.165) is 35.0 Å². The Bertz CT molecular complexity index is 959. The number of benzene rings is 1. The molecule has 1 saturated carbocycles. The highest BCUT2D eigenvalue weighted by Crippen LogP contribution is 2.38. The molecule has 4 rings (SSSR count). The molecule has 2 atom stereocenters. The van der Waals surface area contributed by atoms with Crippen molar-refractivity contribution < 1.29 is 4.79 Å². The van der Waals surface area contributed by atoms with E-state index in [1.54, 1.807) is 0 Å². The Morgan fingerprint density at radius 2 is 1.93 bits per heavy atom. The molecular formula is C24H30N4O. The summed E-state index contributed by atoms with van der Waals surface area (Å²) in [7, 11) is 0. The highest BCUT2D eigenvalue weighted by molar-refractivity contribution is 5.87. The summed E-state index contributed by atoms with van der Waals surface area (Å²) in [5.74, 6) is -0.174. The minimum Gasteiger partial charge on any atom is -0.361 e. The van der Waals surface area contributed by atoms with E-state index in [4.69, 9.17) is 5.73 Å². The van der Waals surface area contributed by atoms with Gasteiger partial charge in [0.1, 0.15) is 0 Å². The third-order valence-corrected chi connectivity index (χ3v) is 6.57. The smallest absolute Gasteiger partial charge is 0.237 e. The normalized spacial score (nSPS) is 18.3. The van der Waals surface area contributed by atoms with Gasteiger partial charge >= 0.3 is 0 Å². The third-order valence-electron chi connectivity index (χ3n) is 6.57. The average Bonchev–Trinajstić information content (AvgIpc) is 3.22. The summed E-state index contributed by atoms with van der Waals surface area (Å²) in [6.07, 6.45) is 9.51. The molecule has 0 bridgehead atoms. The lowest BCUT2D eigenvalue weighted by atomic mass is 9.71. The zero-order chi connectivity index (χ0) is 20.3. The van der Waals surface area contributed by atoms with E-state index in [1.165, 1.54) is 19.3 Å². The maximum atomic E-state index is 13.0. The van der Waals surface area contributed by atoms with E-state index in [-0.39, 0.29) is 17.2 Å². The van der Waals surface area contributed by atoms with Gasteiger partial charge in [0, 0.05) is 46.9 Å². The zero-order valence-electron chi connectivity index (χ0n) is 17.0. The fourth-order valence-electron chi connectivity index (χ4n) is 4.69. The molecule has 29 heavy (non-hydrogen) atoms. The van der Waals surface area contributed by atoms with Gasteiger partial charge in [-0.15, -0.1) is 0 Å². The molecule has 2 aromatic heterocycles. The average molecular weight is 391 g/mol. The van der Waals surface area contributed by atoms with E-state index in [2.05, 4.69) is 27.4 Å². The predicted octanol–water partition coefficient (Wildman–Crippen LogP) is 4.01. The molecule has 1 aromatic carbocycles. The summed E-state index contributed by atoms with van der Waals surface area (Å²) in [6, 6.07) is 13.6. The molecule has 0 radical (unpaired) electrons. The van der Waals surface area contributed by atoms with Gasteiger partial charge in [-0.3, -0.25) is 9.78 Å². The highest BCUT2D eigenvalue weighted by Gasteiger charge is 2.36. The maximum Gasteiger partial charge on any atom is 0.237 e. The van der Waals surface area contributed by atoms with E-state index in [1.807, 2.05) is 49.6 Å². The van der Waals surface area contributed by atoms with Gasteiger partial charge in [-0.1, -0.05) is 50.5 Å². The largest absolute Gasteiger partial charge is 0.361 e. The van der Waals surface area contributed by atoms with Crippen LogP contribution in [0.3, 0.4) is 0 Å². The van der Waals surface area contributed by atoms with Crippen molar-refractivity contribution in [3.63, 3.8) is 0 Å². The summed E-state index contributed by atoms with van der Waals surface area (Å²) >= 11 is 0. The van der Waals surface area contributed by atoms with Crippen LogP contribution in [0.2, 0.25) is 0 Å². The van der Waals surface area contributed by atoms with Gasteiger partial charge in [0.2, 0.25) is 5.91 Å². The van der Waals surface area contributed by atoms with Crippen molar-refractivity contribution in [2.24, 2.45) is 5.73 Å². The van der Waals surface area contributed by atoms with E-state index in [0.29, 0.717) is 6.54 Å². The Hall–Kier alpha value is -2.66. The fourth-order valence-corrected chi connectivity index (χ4v) is 4.69. The third kappa shape index (κ3) is 3.92. The molecule has 2 heterocycles. The molecule has 152 valence electrons. The molecule has 1 amide bonds. The first-order valence-electron chi connectivity index (χ1n) is 10.6. The molecule has 3 aromatic rings. The van der Waals surface area contributed by atoms with Crippen LogP contribution in [0.5, 0.6) is 0 Å². The number of fused-ring (bicyclic) bond motifs is 1. The molecule has 1 unspecified atom stereocenters. The molecule has 1 aliphatic carbocycles. The number of hydrogen-bond donors (Lipinski definition) is 3. The van der Waals surface area contributed by atoms with Gasteiger partial charge in [0.15, 0.2) is 0 Å². The second-order valence-electron chi connectivity index (χ2n) is 8.38. The number of H-pyrrole nitrogens is 1. The van der Waals surface area contributed by atoms with E-state index in [9.17, 15) is 4.79 Å². The summed E-state index contributed by atoms with van der Waals surface area (Å²) < 4.78 is 0. The van der Waals surface area contributed by atoms with Gasteiger partial charge < -0.3 is 16.0 Å². The standard InChI is InChI=1S/C24H30N4O/c1-17(19-15-27-20-10-4-3-9-18(19)20)22(25)23(29)28-16-24(12-6-2-7-13-24)21-11-5-8-14-26-21/h3-5,8-11,14-15,17,22,27H,2,6-7,12-13,16,25H2,1H3,(H,28,29)/t17?,22-/m0/s1. The first kappa shape index (κ1) is 19.6. The van der Waals surface area contributed by atoms with Crippen LogP contribution in [-0.4, -0.2) is 28.5 Å². The number of nitrogens with two attached hydrogens (primary N) is 1. The molecule has 1 fully saturated rings. The van der Waals surface area contributed by atoms with Crippen molar-refractivity contribution in [1.82, 2.24) is 15.3 Å². The number of aromatic amines is 1. The summed E-state index contributed by atoms with van der Waals surface area (Å²) in [6.45, 7) is 2.62. The quantitative estimate of drug-likeness (QED) is 0.594. The topological polar surface area (TPSA) is 83.8 Å². The Kier molecular flexibility index (Phi) is 5.67. The molecular weight excluding hydrogens is 360 g/mol. The van der Waals surface area contributed by atoms with Crippen molar-refractivity contribution >= 4 is 16.8 Å². The van der Waals surface area contributed by atoms with Crippen LogP contribution in [0.4, 0.5) is 0 Å². The van der Waals surface area contributed by atoms with Gasteiger partial charge in [0.25, 0.3) is 0 Å². The second-order valence-corrected chi connectivity index (χ2v) is 8.38. The second kappa shape index (κ2) is 8.37. The summed E-state index contributed by atoms with van der Waals surface area (Å²) in [4.78, 5) is 20.9. The molecule has 4 N–H and O–H groups in total. The molecule has 0 aliphatic heterocycles. The van der Waals surface area contributed by atoms with Crippen molar-refractivity contribution in [3.05, 3.63) is 66.1 Å². The number of pyridine rings is 1. The predicted molar refractivity (Wildman–Crippen MR) is 117 cm³/mol. The molecule has 5 nitrogen and oxygen atoms in total. The van der Waals surface area contributed by atoms with Gasteiger partial charge in [0.05, 0.1) is 6.04 Å². The Morgan fingerprint density at radius 3 is 2.69 bits per heavy atom. The molecule has 5 heteroatoms. The van der Waals surface area contributed by atoms with Crippen LogP contribution in [0, 0.1) is 0 Å². The fraction of sp³-hybridized carbons (Fsp3) is 0.417. The zero-order valence-corrected chi connectivity index (χ0v) is 17.0. The Labute approximate surface area is 172 Å². The van der Waals surface area contributed by atoms with Crippen LogP contribution in [0.1, 0.15) is 56.2 Å². The van der Waals surface area contributed by atoms with Crippen LogP contribution in [0.25, 0.3) is 10.9 Å². The summed E-state index contributed by atoms with van der Waals surface area (Å²) in [5, 5.41) is 4.29. The monoisotopic (exact) mass is 390 g/mol. The van der Waals surface area contributed by atoms with Crippen molar-refractivity contribution in [3.8, 4) is 0 Å². The van der Waals surface area contributed by atoms with E-state index >= 15 is 0 Å². The number of carbonyl (C=O) groups is 1. The minimum atomic E-state index is -0.599. The molecule has 0 saturated heterocycles. The number of amides is 1. The van der Waals surface area contributed by atoms with Crippen LogP contribution in [-0.2, 0) is 10.2 Å². The Balaban J connectivity index is 1.47. The van der Waals surface area contributed by atoms with Crippen LogP contribution >= 0.6 is 0 Å². The number of nitrogens with zero attached hydrogens (tertiary/aromatic N) is 1. The molecule has 1 aliphatic rings. The Morgan fingerprint density at radius 1 is 1.17 bits per heavy atom. The first-order chi connectivity index (χ1) is 14.1. The van der Waals surface area contributed by atoms with Crippen LogP contribution in [0.15, 0.2) is 54.9 Å². The maximum absolute atomic E-state index is 13.0. The number of hydrogen-bond acceptors (Lipinski definition) is 3. The van der Waals surface area contributed by atoms with Crippen molar-refractivity contribution in [2.45, 2.75) is 56.4 Å².